The Morgan fingerprint density at radius 2 is 1.80 bits per heavy atom. The molecule has 1 aliphatic rings. The van der Waals surface area contributed by atoms with Crippen LogP contribution in [0.3, 0.4) is 0 Å². The molecule has 0 bridgehead atoms. The molecular formula is C25H31ClN2O6S. The van der Waals surface area contributed by atoms with Crippen LogP contribution in [0.5, 0.6) is 0 Å². The summed E-state index contributed by atoms with van der Waals surface area (Å²) in [6.45, 7) is 6.90. The minimum absolute atomic E-state index is 0.0491. The maximum absolute atomic E-state index is 13.7. The van der Waals surface area contributed by atoms with Crippen molar-refractivity contribution >= 4 is 50.1 Å². The molecule has 1 heterocycles. The largest absolute Gasteiger partial charge is 0.480 e. The van der Waals surface area contributed by atoms with E-state index in [2.05, 4.69) is 0 Å². The number of halogens is 1. The molecule has 1 N–H and O–H groups in total. The third-order valence-electron chi connectivity index (χ3n) is 6.13. The van der Waals surface area contributed by atoms with E-state index in [1.165, 1.54) is 17.0 Å². The number of nitrogens with zero attached hydrogens (tertiary/aromatic N) is 2. The quantitative estimate of drug-likeness (QED) is 0.533. The van der Waals surface area contributed by atoms with E-state index in [9.17, 15) is 27.9 Å². The molecule has 2 aromatic rings. The molecule has 35 heavy (non-hydrogen) atoms. The second-order valence-electron chi connectivity index (χ2n) is 10.1. The van der Waals surface area contributed by atoms with Crippen LogP contribution in [0.1, 0.15) is 47.0 Å². The van der Waals surface area contributed by atoms with Crippen molar-refractivity contribution in [3.63, 3.8) is 0 Å². The second-order valence-corrected chi connectivity index (χ2v) is 12.4. The third-order valence-corrected chi connectivity index (χ3v) is 8.22. The van der Waals surface area contributed by atoms with Crippen LogP contribution in [0.2, 0.25) is 5.02 Å². The smallest absolute Gasteiger partial charge is 0.326 e. The molecule has 8 nitrogen and oxygen atoms in total. The number of fused-ring (bicyclic) bond motifs is 1. The number of hydrogen-bond acceptors (Lipinski definition) is 5. The first kappa shape index (κ1) is 27.1. The highest BCUT2D eigenvalue weighted by molar-refractivity contribution is 7.89. The van der Waals surface area contributed by atoms with Crippen molar-refractivity contribution < 1.29 is 27.9 Å². The number of hydrogen-bond donors (Lipinski definition) is 1. The Hall–Kier alpha value is -2.49. The van der Waals surface area contributed by atoms with Crippen molar-refractivity contribution in [2.45, 2.75) is 63.9 Å². The van der Waals surface area contributed by atoms with Gasteiger partial charge in [-0.3, -0.25) is 9.59 Å². The maximum atomic E-state index is 13.7. The molecule has 1 fully saturated rings. The monoisotopic (exact) mass is 522 g/mol. The highest BCUT2D eigenvalue weighted by Gasteiger charge is 2.46. The van der Waals surface area contributed by atoms with E-state index in [4.69, 9.17) is 11.6 Å². The normalized spacial score (nSPS) is 17.8. The molecule has 1 aliphatic heterocycles. The van der Waals surface area contributed by atoms with Gasteiger partial charge in [-0.2, -0.15) is 4.31 Å². The van der Waals surface area contributed by atoms with Crippen molar-refractivity contribution in [3.05, 3.63) is 41.4 Å². The SMILES string of the molecule is CCC(=O)CN([C@H]1CCN([C@@H](CC(C)(C)C)C(=O)O)C1=O)S(=O)(=O)c1ccc2cc(Cl)ccc2c1. The molecule has 190 valence electrons. The summed E-state index contributed by atoms with van der Waals surface area (Å²) in [4.78, 5) is 39.0. The van der Waals surface area contributed by atoms with E-state index in [0.717, 1.165) is 9.69 Å². The zero-order valence-corrected chi connectivity index (χ0v) is 21.9. The van der Waals surface area contributed by atoms with Crippen LogP contribution in [0.25, 0.3) is 10.8 Å². The number of likely N-dealkylation sites (tertiary alicyclic amines) is 1. The fourth-order valence-corrected chi connectivity index (χ4v) is 6.12. The fourth-order valence-electron chi connectivity index (χ4n) is 4.31. The van der Waals surface area contributed by atoms with Gasteiger partial charge in [0.2, 0.25) is 15.9 Å². The van der Waals surface area contributed by atoms with Crippen LogP contribution < -0.4 is 0 Å². The summed E-state index contributed by atoms with van der Waals surface area (Å²) in [5, 5.41) is 11.7. The predicted octanol–water partition coefficient (Wildman–Crippen LogP) is 3.95. The van der Waals surface area contributed by atoms with E-state index in [1.54, 1.807) is 31.2 Å². The highest BCUT2D eigenvalue weighted by atomic mass is 35.5. The molecule has 0 radical (unpaired) electrons. The number of amides is 1. The van der Waals surface area contributed by atoms with Gasteiger partial charge in [0.15, 0.2) is 0 Å². The average molecular weight is 523 g/mol. The Bertz CT molecular complexity index is 1250. The molecule has 2 aromatic carbocycles. The Morgan fingerprint density at radius 3 is 2.40 bits per heavy atom. The summed E-state index contributed by atoms with van der Waals surface area (Å²) in [5.41, 5.74) is -0.362. The summed E-state index contributed by atoms with van der Waals surface area (Å²) < 4.78 is 28.4. The molecule has 1 saturated heterocycles. The number of carboxylic acid groups (broad SMARTS) is 1. The van der Waals surface area contributed by atoms with Crippen molar-refractivity contribution in [2.75, 3.05) is 13.1 Å². The number of Topliss-reactive ketones (excluding diaryl/α,β-unsaturated/α-hetero) is 1. The number of ketones is 1. The van der Waals surface area contributed by atoms with Crippen LogP contribution in [0.15, 0.2) is 41.3 Å². The molecule has 0 unspecified atom stereocenters. The Labute approximate surface area is 210 Å². The van der Waals surface area contributed by atoms with Gasteiger partial charge in [-0.05, 0) is 53.3 Å². The van der Waals surface area contributed by atoms with Gasteiger partial charge in [-0.1, -0.05) is 51.4 Å². The summed E-state index contributed by atoms with van der Waals surface area (Å²) >= 11 is 6.03. The number of carboxylic acids is 1. The summed E-state index contributed by atoms with van der Waals surface area (Å²) in [7, 11) is -4.24. The molecular weight excluding hydrogens is 492 g/mol. The van der Waals surface area contributed by atoms with E-state index >= 15 is 0 Å². The Balaban J connectivity index is 2.00. The fraction of sp³-hybridized carbons (Fsp3) is 0.480. The number of rotatable bonds is 9. The molecule has 0 aliphatic carbocycles. The van der Waals surface area contributed by atoms with E-state index in [-0.39, 0.29) is 41.9 Å². The van der Waals surface area contributed by atoms with Gasteiger partial charge in [0.1, 0.15) is 17.9 Å². The van der Waals surface area contributed by atoms with Crippen LogP contribution in [0.4, 0.5) is 0 Å². The number of benzene rings is 2. The lowest BCUT2D eigenvalue weighted by Gasteiger charge is -2.31. The van der Waals surface area contributed by atoms with Crippen LogP contribution in [-0.4, -0.2) is 65.6 Å². The van der Waals surface area contributed by atoms with Gasteiger partial charge >= 0.3 is 5.97 Å². The van der Waals surface area contributed by atoms with Crippen LogP contribution >= 0.6 is 11.6 Å². The summed E-state index contributed by atoms with van der Waals surface area (Å²) in [6.07, 6.45) is 0.426. The van der Waals surface area contributed by atoms with E-state index in [1.807, 2.05) is 20.8 Å². The number of sulfonamides is 1. The zero-order chi connectivity index (χ0) is 26.1. The van der Waals surface area contributed by atoms with Gasteiger partial charge < -0.3 is 10.0 Å². The molecule has 1 amide bonds. The van der Waals surface area contributed by atoms with Gasteiger partial charge in [0.05, 0.1) is 11.4 Å². The van der Waals surface area contributed by atoms with Crippen LogP contribution in [-0.2, 0) is 24.4 Å². The minimum atomic E-state index is -4.24. The molecule has 0 saturated carbocycles. The molecule has 3 rings (SSSR count). The topological polar surface area (TPSA) is 112 Å². The number of carbonyl (C=O) groups is 3. The number of carbonyl (C=O) groups excluding carboxylic acids is 2. The highest BCUT2D eigenvalue weighted by Crippen LogP contribution is 2.31. The summed E-state index contributed by atoms with van der Waals surface area (Å²) in [6, 6.07) is 7.37. The Kier molecular flexibility index (Phi) is 7.93. The minimum Gasteiger partial charge on any atom is -0.480 e. The lowest BCUT2D eigenvalue weighted by Crippen LogP contribution is -2.50. The summed E-state index contributed by atoms with van der Waals surface area (Å²) in [5.74, 6) is -2.07. The number of aliphatic carboxylic acids is 1. The van der Waals surface area contributed by atoms with Crippen molar-refractivity contribution in [1.82, 2.24) is 9.21 Å². The van der Waals surface area contributed by atoms with Crippen molar-refractivity contribution in [2.24, 2.45) is 5.41 Å². The second kappa shape index (κ2) is 10.2. The predicted molar refractivity (Wildman–Crippen MR) is 134 cm³/mol. The first-order valence-corrected chi connectivity index (χ1v) is 13.3. The maximum Gasteiger partial charge on any atom is 0.326 e. The molecule has 0 aromatic heterocycles. The van der Waals surface area contributed by atoms with Crippen LogP contribution in [0, 0.1) is 5.41 Å². The van der Waals surface area contributed by atoms with Crippen molar-refractivity contribution in [1.29, 1.82) is 0 Å². The Morgan fingerprint density at radius 1 is 1.17 bits per heavy atom. The molecule has 10 heteroatoms. The molecule has 0 spiro atoms. The van der Waals surface area contributed by atoms with Gasteiger partial charge in [-0.25, -0.2) is 13.2 Å². The third kappa shape index (κ3) is 6.02. The van der Waals surface area contributed by atoms with E-state index < -0.39 is 40.5 Å². The van der Waals surface area contributed by atoms with E-state index in [0.29, 0.717) is 10.4 Å². The lowest BCUT2D eigenvalue weighted by atomic mass is 9.87. The standard InChI is InChI=1S/C25H31ClN2O6S/c1-5-19(29)15-28(21-10-11-27(23(21)30)22(24(31)32)14-25(2,3)4)35(33,34)20-9-7-16-12-18(26)8-6-17(16)13-20/h6-9,12-13,21-22H,5,10-11,14-15H2,1-4H3,(H,31,32)/t21-,22-/m0/s1. The molecule has 2 atom stereocenters. The first-order chi connectivity index (χ1) is 16.2. The average Bonchev–Trinajstić information content (AvgIpc) is 3.14. The van der Waals surface area contributed by atoms with Gasteiger partial charge in [0, 0.05) is 18.0 Å². The van der Waals surface area contributed by atoms with Gasteiger partial charge in [0.25, 0.3) is 0 Å². The van der Waals surface area contributed by atoms with Crippen molar-refractivity contribution in [3.8, 4) is 0 Å². The lowest BCUT2D eigenvalue weighted by molar-refractivity contribution is -0.150. The van der Waals surface area contributed by atoms with Gasteiger partial charge in [-0.15, -0.1) is 0 Å². The first-order valence-electron chi connectivity index (χ1n) is 11.5. The zero-order valence-electron chi connectivity index (χ0n) is 20.3.